The minimum absolute atomic E-state index is 0.0332. The standard InChI is InChI=1S/C23H33N5O2/c1-17-8-7-11-22(26-17)28-14-12-19(13-15-28)27-23(24-3)25-16-18(2)30-21-10-6-5-9-20(21)29-4/h5-11,18-19H,12-16H2,1-4H3,(H2,24,25,27). The van der Waals surface area contributed by atoms with Crippen molar-refractivity contribution in [3.63, 3.8) is 0 Å². The molecule has 0 saturated carbocycles. The Kier molecular flexibility index (Phi) is 7.76. The maximum atomic E-state index is 6.01. The highest BCUT2D eigenvalue weighted by molar-refractivity contribution is 5.80. The van der Waals surface area contributed by atoms with E-state index in [1.807, 2.05) is 44.2 Å². The van der Waals surface area contributed by atoms with E-state index in [9.17, 15) is 0 Å². The number of guanidine groups is 1. The molecule has 1 fully saturated rings. The fourth-order valence-electron chi connectivity index (χ4n) is 3.56. The van der Waals surface area contributed by atoms with Crippen LogP contribution in [0.3, 0.4) is 0 Å². The van der Waals surface area contributed by atoms with Gasteiger partial charge in [-0.2, -0.15) is 0 Å². The molecule has 1 aromatic heterocycles. The van der Waals surface area contributed by atoms with Gasteiger partial charge in [-0.1, -0.05) is 18.2 Å². The summed E-state index contributed by atoms with van der Waals surface area (Å²) in [6.07, 6.45) is 2.06. The molecule has 0 aliphatic carbocycles. The molecular formula is C23H33N5O2. The topological polar surface area (TPSA) is 71.0 Å². The third kappa shape index (κ3) is 6.02. The second-order valence-corrected chi connectivity index (χ2v) is 7.58. The molecule has 1 unspecified atom stereocenters. The van der Waals surface area contributed by atoms with E-state index in [2.05, 4.69) is 37.6 Å². The number of anilines is 1. The van der Waals surface area contributed by atoms with Crippen molar-refractivity contribution in [2.75, 3.05) is 38.7 Å². The van der Waals surface area contributed by atoms with E-state index in [4.69, 9.17) is 9.47 Å². The van der Waals surface area contributed by atoms with Gasteiger partial charge in [-0.15, -0.1) is 0 Å². The SMILES string of the molecule is CN=C(NCC(C)Oc1ccccc1OC)NC1CCN(c2cccc(C)n2)CC1. The Bertz CT molecular complexity index is 834. The number of methoxy groups -OCH3 is 1. The number of nitrogens with one attached hydrogen (secondary N) is 2. The third-order valence-electron chi connectivity index (χ3n) is 5.21. The molecule has 1 atom stereocenters. The van der Waals surface area contributed by atoms with Crippen molar-refractivity contribution in [3.8, 4) is 11.5 Å². The zero-order valence-corrected chi connectivity index (χ0v) is 18.4. The fraction of sp³-hybridized carbons (Fsp3) is 0.478. The monoisotopic (exact) mass is 411 g/mol. The van der Waals surface area contributed by atoms with Crippen LogP contribution in [-0.4, -0.2) is 56.9 Å². The van der Waals surface area contributed by atoms with Crippen LogP contribution in [0.2, 0.25) is 0 Å². The third-order valence-corrected chi connectivity index (χ3v) is 5.21. The highest BCUT2D eigenvalue weighted by Gasteiger charge is 2.21. The summed E-state index contributed by atoms with van der Waals surface area (Å²) in [5.74, 6) is 3.35. The molecule has 7 heteroatoms. The van der Waals surface area contributed by atoms with Gasteiger partial charge in [0.25, 0.3) is 0 Å². The summed E-state index contributed by atoms with van der Waals surface area (Å²) in [6.45, 7) is 6.67. The Hall–Kier alpha value is -2.96. The first kappa shape index (κ1) is 21.7. The molecule has 0 amide bonds. The number of rotatable bonds is 7. The van der Waals surface area contributed by atoms with Crippen LogP contribution < -0.4 is 25.0 Å². The first-order valence-electron chi connectivity index (χ1n) is 10.5. The molecule has 2 heterocycles. The average molecular weight is 412 g/mol. The van der Waals surface area contributed by atoms with Crippen molar-refractivity contribution in [2.45, 2.75) is 38.8 Å². The number of hydrogen-bond acceptors (Lipinski definition) is 5. The molecule has 30 heavy (non-hydrogen) atoms. The molecule has 162 valence electrons. The molecule has 1 aliphatic rings. The van der Waals surface area contributed by atoms with Gasteiger partial charge in [0.05, 0.1) is 13.7 Å². The molecule has 2 N–H and O–H groups in total. The second kappa shape index (κ2) is 10.7. The Balaban J connectivity index is 1.44. The summed E-state index contributed by atoms with van der Waals surface area (Å²) >= 11 is 0. The van der Waals surface area contributed by atoms with E-state index in [-0.39, 0.29) is 6.10 Å². The van der Waals surface area contributed by atoms with E-state index in [0.717, 1.165) is 54.9 Å². The Morgan fingerprint density at radius 2 is 1.90 bits per heavy atom. The predicted octanol–water partition coefficient (Wildman–Crippen LogP) is 3.00. The molecule has 0 bridgehead atoms. The molecule has 2 aromatic rings. The number of para-hydroxylation sites is 2. The number of aliphatic imine (C=N–C) groups is 1. The number of aryl methyl sites for hydroxylation is 1. The largest absolute Gasteiger partial charge is 0.493 e. The molecule has 3 rings (SSSR count). The van der Waals surface area contributed by atoms with Gasteiger partial charge in [-0.25, -0.2) is 4.98 Å². The summed E-state index contributed by atoms with van der Waals surface area (Å²) in [4.78, 5) is 11.4. The molecule has 0 spiro atoms. The number of hydrogen-bond donors (Lipinski definition) is 2. The number of piperidine rings is 1. The van der Waals surface area contributed by atoms with Crippen LogP contribution in [0.15, 0.2) is 47.5 Å². The summed E-state index contributed by atoms with van der Waals surface area (Å²) < 4.78 is 11.4. The average Bonchev–Trinajstić information content (AvgIpc) is 2.77. The first-order chi connectivity index (χ1) is 14.6. The van der Waals surface area contributed by atoms with Crippen molar-refractivity contribution < 1.29 is 9.47 Å². The van der Waals surface area contributed by atoms with E-state index >= 15 is 0 Å². The lowest BCUT2D eigenvalue weighted by Gasteiger charge is -2.34. The quantitative estimate of drug-likeness (QED) is 0.539. The van der Waals surface area contributed by atoms with Crippen LogP contribution in [0.4, 0.5) is 5.82 Å². The number of nitrogens with zero attached hydrogens (tertiary/aromatic N) is 3. The van der Waals surface area contributed by atoms with Crippen molar-refractivity contribution >= 4 is 11.8 Å². The number of ether oxygens (including phenoxy) is 2. The van der Waals surface area contributed by atoms with E-state index in [0.29, 0.717) is 12.6 Å². The van der Waals surface area contributed by atoms with E-state index < -0.39 is 0 Å². The first-order valence-corrected chi connectivity index (χ1v) is 10.5. The molecule has 1 saturated heterocycles. The van der Waals surface area contributed by atoms with Gasteiger partial charge in [0.15, 0.2) is 17.5 Å². The van der Waals surface area contributed by atoms with Crippen molar-refractivity contribution in [3.05, 3.63) is 48.2 Å². The van der Waals surface area contributed by atoms with Crippen LogP contribution in [0.5, 0.6) is 11.5 Å². The molecule has 0 radical (unpaired) electrons. The highest BCUT2D eigenvalue weighted by atomic mass is 16.5. The summed E-state index contributed by atoms with van der Waals surface area (Å²) in [5, 5.41) is 6.91. The van der Waals surface area contributed by atoms with E-state index in [1.165, 1.54) is 0 Å². The lowest BCUT2D eigenvalue weighted by Crippen LogP contribution is -2.50. The lowest BCUT2D eigenvalue weighted by atomic mass is 10.1. The molecular weight excluding hydrogens is 378 g/mol. The fourth-order valence-corrected chi connectivity index (χ4v) is 3.56. The second-order valence-electron chi connectivity index (χ2n) is 7.58. The van der Waals surface area contributed by atoms with Crippen molar-refractivity contribution in [1.29, 1.82) is 0 Å². The van der Waals surface area contributed by atoms with Crippen molar-refractivity contribution in [2.24, 2.45) is 4.99 Å². The van der Waals surface area contributed by atoms with Crippen LogP contribution in [0.25, 0.3) is 0 Å². The molecule has 1 aromatic carbocycles. The Morgan fingerprint density at radius 1 is 1.17 bits per heavy atom. The van der Waals surface area contributed by atoms with Gasteiger partial charge in [0.1, 0.15) is 11.9 Å². The van der Waals surface area contributed by atoms with Gasteiger partial charge < -0.3 is 25.0 Å². The maximum absolute atomic E-state index is 6.01. The summed E-state index contributed by atoms with van der Waals surface area (Å²) in [6, 6.07) is 14.3. The van der Waals surface area contributed by atoms with Gasteiger partial charge in [-0.05, 0) is 51.0 Å². The minimum Gasteiger partial charge on any atom is -0.493 e. The zero-order valence-electron chi connectivity index (χ0n) is 18.4. The van der Waals surface area contributed by atoms with Gasteiger partial charge in [0, 0.05) is 31.9 Å². The number of pyridine rings is 1. The van der Waals surface area contributed by atoms with Crippen LogP contribution >= 0.6 is 0 Å². The smallest absolute Gasteiger partial charge is 0.191 e. The van der Waals surface area contributed by atoms with Gasteiger partial charge >= 0.3 is 0 Å². The number of aromatic nitrogens is 1. The van der Waals surface area contributed by atoms with E-state index in [1.54, 1.807) is 14.2 Å². The summed E-state index contributed by atoms with van der Waals surface area (Å²) in [5.41, 5.74) is 1.06. The Labute approximate surface area is 179 Å². The predicted molar refractivity (Wildman–Crippen MR) is 122 cm³/mol. The highest BCUT2D eigenvalue weighted by Crippen LogP contribution is 2.26. The van der Waals surface area contributed by atoms with Crippen LogP contribution in [-0.2, 0) is 0 Å². The number of benzene rings is 1. The normalized spacial score (nSPS) is 16.1. The Morgan fingerprint density at radius 3 is 2.57 bits per heavy atom. The van der Waals surface area contributed by atoms with Crippen LogP contribution in [0.1, 0.15) is 25.5 Å². The minimum atomic E-state index is -0.0332. The zero-order chi connectivity index (χ0) is 21.3. The van der Waals surface area contributed by atoms with Crippen molar-refractivity contribution in [1.82, 2.24) is 15.6 Å². The molecule has 1 aliphatic heterocycles. The summed E-state index contributed by atoms with van der Waals surface area (Å²) in [7, 11) is 3.45. The maximum Gasteiger partial charge on any atom is 0.191 e. The van der Waals surface area contributed by atoms with Gasteiger partial charge in [-0.3, -0.25) is 4.99 Å². The lowest BCUT2D eigenvalue weighted by molar-refractivity contribution is 0.213. The van der Waals surface area contributed by atoms with Crippen LogP contribution in [0, 0.1) is 6.92 Å². The molecule has 7 nitrogen and oxygen atoms in total. The van der Waals surface area contributed by atoms with Gasteiger partial charge in [0.2, 0.25) is 0 Å².